The van der Waals surface area contributed by atoms with E-state index in [9.17, 15) is 0 Å². The Morgan fingerprint density at radius 3 is 2.54 bits per heavy atom. The topological polar surface area (TPSA) is 46.2 Å². The molecule has 4 heteroatoms. The number of hydrogen-bond acceptors (Lipinski definition) is 2. The van der Waals surface area contributed by atoms with E-state index < -0.39 is 0 Å². The first-order chi connectivity index (χ1) is 5.75. The molecule has 1 rings (SSSR count). The summed E-state index contributed by atoms with van der Waals surface area (Å²) in [5.41, 5.74) is 6.96. The molecule has 0 saturated carbocycles. The predicted octanol–water partition coefficient (Wildman–Crippen LogP) is 2.10. The minimum absolute atomic E-state index is 0. The fourth-order valence-electron chi connectivity index (χ4n) is 1.07. The second-order valence-corrected chi connectivity index (χ2v) is 3.80. The van der Waals surface area contributed by atoms with Crippen LogP contribution in [0.25, 0.3) is 0 Å². The van der Waals surface area contributed by atoms with Gasteiger partial charge in [0.15, 0.2) is 0 Å². The van der Waals surface area contributed by atoms with Gasteiger partial charge in [-0.15, -0.1) is 12.4 Å². The zero-order chi connectivity index (χ0) is 8.97. The van der Waals surface area contributed by atoms with Crippen LogP contribution in [-0.2, 0) is 0 Å². The van der Waals surface area contributed by atoms with Crippen LogP contribution in [0.3, 0.4) is 0 Å². The Hall–Kier alpha value is 0.160. The third-order valence-corrected chi connectivity index (χ3v) is 2.73. The molecule has 0 aliphatic heterocycles. The van der Waals surface area contributed by atoms with Crippen LogP contribution in [0, 0.1) is 3.57 Å². The van der Waals surface area contributed by atoms with Crippen molar-refractivity contribution in [2.45, 2.75) is 12.5 Å². The van der Waals surface area contributed by atoms with Crippen molar-refractivity contribution in [2.75, 3.05) is 6.61 Å². The number of benzene rings is 1. The van der Waals surface area contributed by atoms with Gasteiger partial charge in [0.25, 0.3) is 0 Å². The van der Waals surface area contributed by atoms with Crippen molar-refractivity contribution in [3.8, 4) is 0 Å². The third kappa shape index (κ3) is 3.81. The lowest BCUT2D eigenvalue weighted by atomic mass is 10.1. The summed E-state index contributed by atoms with van der Waals surface area (Å²) in [6.45, 7) is 0.145. The molecule has 2 nitrogen and oxygen atoms in total. The number of aliphatic hydroxyl groups is 1. The summed E-state index contributed by atoms with van der Waals surface area (Å²) in [6.07, 6.45) is 0.625. The van der Waals surface area contributed by atoms with Gasteiger partial charge >= 0.3 is 0 Å². The van der Waals surface area contributed by atoms with Gasteiger partial charge in [0, 0.05) is 16.2 Å². The zero-order valence-electron chi connectivity index (χ0n) is 7.11. The second kappa shape index (κ2) is 6.59. The SMILES string of the molecule is Cl.NC(CCO)c1ccccc1I. The fraction of sp³-hybridized carbons (Fsp3) is 0.333. The van der Waals surface area contributed by atoms with E-state index in [0.29, 0.717) is 6.42 Å². The first-order valence-corrected chi connectivity index (χ1v) is 4.94. The van der Waals surface area contributed by atoms with Crippen LogP contribution in [-0.4, -0.2) is 11.7 Å². The van der Waals surface area contributed by atoms with E-state index in [1.54, 1.807) is 0 Å². The summed E-state index contributed by atoms with van der Waals surface area (Å²) in [6, 6.07) is 7.93. The first kappa shape index (κ1) is 13.2. The van der Waals surface area contributed by atoms with Crippen molar-refractivity contribution in [1.29, 1.82) is 0 Å². The van der Waals surface area contributed by atoms with Crippen LogP contribution < -0.4 is 5.73 Å². The van der Waals surface area contributed by atoms with E-state index in [0.717, 1.165) is 9.13 Å². The van der Waals surface area contributed by atoms with Gasteiger partial charge < -0.3 is 10.8 Å². The second-order valence-electron chi connectivity index (χ2n) is 2.64. The molecule has 1 aromatic rings. The molecule has 0 bridgehead atoms. The average Bonchev–Trinajstić information content (AvgIpc) is 2.05. The molecular formula is C9H13ClINO. The van der Waals surface area contributed by atoms with Crippen molar-refractivity contribution >= 4 is 35.0 Å². The molecule has 0 fully saturated rings. The van der Waals surface area contributed by atoms with Crippen LogP contribution >= 0.6 is 35.0 Å². The van der Waals surface area contributed by atoms with Crippen LogP contribution in [0.2, 0.25) is 0 Å². The molecule has 0 aliphatic carbocycles. The molecule has 13 heavy (non-hydrogen) atoms. The minimum atomic E-state index is -0.0388. The quantitative estimate of drug-likeness (QED) is 0.840. The van der Waals surface area contributed by atoms with Gasteiger partial charge in [0.1, 0.15) is 0 Å². The van der Waals surface area contributed by atoms with Crippen LogP contribution in [0.4, 0.5) is 0 Å². The lowest BCUT2D eigenvalue weighted by molar-refractivity contribution is 0.276. The van der Waals surface area contributed by atoms with Gasteiger partial charge in [-0.25, -0.2) is 0 Å². The van der Waals surface area contributed by atoms with Crippen LogP contribution in [0.5, 0.6) is 0 Å². The molecule has 0 amide bonds. The Bertz CT molecular complexity index is 257. The van der Waals surface area contributed by atoms with Crippen molar-refractivity contribution in [2.24, 2.45) is 5.73 Å². The minimum Gasteiger partial charge on any atom is -0.396 e. The molecule has 0 saturated heterocycles. The fourth-order valence-corrected chi connectivity index (χ4v) is 1.86. The lowest BCUT2D eigenvalue weighted by Crippen LogP contribution is -2.13. The van der Waals surface area contributed by atoms with Crippen molar-refractivity contribution < 1.29 is 5.11 Å². The Morgan fingerprint density at radius 2 is 2.00 bits per heavy atom. The number of aliphatic hydroxyl groups excluding tert-OH is 1. The molecule has 0 aliphatic rings. The molecule has 1 atom stereocenters. The highest BCUT2D eigenvalue weighted by molar-refractivity contribution is 14.1. The normalized spacial score (nSPS) is 11.9. The summed E-state index contributed by atoms with van der Waals surface area (Å²) < 4.78 is 1.16. The summed E-state index contributed by atoms with van der Waals surface area (Å²) in [5.74, 6) is 0. The number of hydrogen-bond donors (Lipinski definition) is 2. The smallest absolute Gasteiger partial charge is 0.0449 e. The number of halogens is 2. The monoisotopic (exact) mass is 313 g/mol. The van der Waals surface area contributed by atoms with Gasteiger partial charge in [-0.3, -0.25) is 0 Å². The molecule has 74 valence electrons. The van der Waals surface area contributed by atoms with Gasteiger partial charge in [-0.1, -0.05) is 18.2 Å². The highest BCUT2D eigenvalue weighted by atomic mass is 127. The summed E-state index contributed by atoms with van der Waals surface area (Å²) >= 11 is 2.25. The predicted molar refractivity (Wildman–Crippen MR) is 65.0 cm³/mol. The Balaban J connectivity index is 0.00000144. The number of nitrogens with two attached hydrogens (primary N) is 1. The number of rotatable bonds is 3. The Morgan fingerprint density at radius 1 is 1.38 bits per heavy atom. The summed E-state index contributed by atoms with van der Waals surface area (Å²) in [4.78, 5) is 0. The standard InChI is InChI=1S/C9H12INO.ClH/c10-8-4-2-1-3-7(8)9(11)5-6-12;/h1-4,9,12H,5-6,11H2;1H. The highest BCUT2D eigenvalue weighted by Crippen LogP contribution is 2.19. The molecule has 0 aromatic heterocycles. The van der Waals surface area contributed by atoms with Crippen LogP contribution in [0.15, 0.2) is 24.3 Å². The largest absolute Gasteiger partial charge is 0.396 e. The average molecular weight is 314 g/mol. The summed E-state index contributed by atoms with van der Waals surface area (Å²) in [5, 5.41) is 8.71. The Kier molecular flexibility index (Phi) is 6.67. The van der Waals surface area contributed by atoms with E-state index in [1.807, 2.05) is 24.3 Å². The van der Waals surface area contributed by atoms with E-state index in [4.69, 9.17) is 10.8 Å². The Labute approximate surface area is 98.1 Å². The maximum atomic E-state index is 8.71. The van der Waals surface area contributed by atoms with Crippen molar-refractivity contribution in [3.05, 3.63) is 33.4 Å². The molecule has 3 N–H and O–H groups in total. The summed E-state index contributed by atoms with van der Waals surface area (Å²) in [7, 11) is 0. The van der Waals surface area contributed by atoms with E-state index in [-0.39, 0.29) is 25.1 Å². The van der Waals surface area contributed by atoms with E-state index in [2.05, 4.69) is 22.6 Å². The molecule has 0 radical (unpaired) electrons. The van der Waals surface area contributed by atoms with Gasteiger partial charge in [-0.2, -0.15) is 0 Å². The van der Waals surface area contributed by atoms with Gasteiger partial charge in [-0.05, 0) is 40.6 Å². The van der Waals surface area contributed by atoms with Crippen molar-refractivity contribution in [3.63, 3.8) is 0 Å². The van der Waals surface area contributed by atoms with Gasteiger partial charge in [0.05, 0.1) is 0 Å². The molecule has 1 aromatic carbocycles. The zero-order valence-corrected chi connectivity index (χ0v) is 10.1. The van der Waals surface area contributed by atoms with Crippen LogP contribution in [0.1, 0.15) is 18.0 Å². The van der Waals surface area contributed by atoms with Crippen molar-refractivity contribution in [1.82, 2.24) is 0 Å². The molecule has 0 heterocycles. The first-order valence-electron chi connectivity index (χ1n) is 3.86. The lowest BCUT2D eigenvalue weighted by Gasteiger charge is -2.11. The maximum absolute atomic E-state index is 8.71. The maximum Gasteiger partial charge on any atom is 0.0449 e. The molecular weight excluding hydrogens is 300 g/mol. The van der Waals surface area contributed by atoms with Gasteiger partial charge in [0.2, 0.25) is 0 Å². The molecule has 0 spiro atoms. The molecule has 1 unspecified atom stereocenters. The third-order valence-electron chi connectivity index (χ3n) is 1.74. The van der Waals surface area contributed by atoms with E-state index >= 15 is 0 Å². The van der Waals surface area contributed by atoms with E-state index in [1.165, 1.54) is 0 Å². The highest BCUT2D eigenvalue weighted by Gasteiger charge is 2.07.